The van der Waals surface area contributed by atoms with Gasteiger partial charge in [0.05, 0.1) is 18.6 Å². The smallest absolute Gasteiger partial charge is 0.225 e. The zero-order valence-corrected chi connectivity index (χ0v) is 14.1. The highest BCUT2D eigenvalue weighted by Crippen LogP contribution is 2.23. The molecule has 0 aromatic heterocycles. The van der Waals surface area contributed by atoms with Gasteiger partial charge in [-0.1, -0.05) is 26.0 Å². The van der Waals surface area contributed by atoms with Crippen molar-refractivity contribution in [2.24, 2.45) is 5.92 Å². The van der Waals surface area contributed by atoms with Gasteiger partial charge in [0.1, 0.15) is 5.75 Å². The molecule has 0 radical (unpaired) electrons. The fraction of sp³-hybridized carbons (Fsp3) is 0.562. The minimum Gasteiger partial charge on any atom is -0.497 e. The number of ether oxygens (including phenoxy) is 1. The van der Waals surface area contributed by atoms with Crippen molar-refractivity contribution in [3.8, 4) is 5.75 Å². The van der Waals surface area contributed by atoms with E-state index in [1.807, 2.05) is 38.1 Å². The maximum atomic E-state index is 12.5. The van der Waals surface area contributed by atoms with E-state index in [0.29, 0.717) is 13.0 Å². The summed E-state index contributed by atoms with van der Waals surface area (Å²) in [6.45, 7) is 4.11. The molecule has 1 atom stereocenters. The molecule has 1 unspecified atom stereocenters. The van der Waals surface area contributed by atoms with Gasteiger partial charge in [0, 0.05) is 18.5 Å². The molecule has 6 heteroatoms. The average molecular weight is 325 g/mol. The Bertz CT molecular complexity index is 622. The number of methoxy groups -OCH3 is 1. The van der Waals surface area contributed by atoms with Gasteiger partial charge >= 0.3 is 0 Å². The number of hydrogen-bond donors (Lipinski definition) is 0. The van der Waals surface area contributed by atoms with Crippen molar-refractivity contribution >= 4 is 15.7 Å². The fourth-order valence-electron chi connectivity index (χ4n) is 2.67. The first-order chi connectivity index (χ1) is 10.3. The highest BCUT2D eigenvalue weighted by Gasteiger charge is 2.35. The summed E-state index contributed by atoms with van der Waals surface area (Å²) >= 11 is 0. The lowest BCUT2D eigenvalue weighted by Crippen LogP contribution is -2.42. The van der Waals surface area contributed by atoms with Gasteiger partial charge in [-0.2, -0.15) is 0 Å². The van der Waals surface area contributed by atoms with Crippen LogP contribution in [0.2, 0.25) is 0 Å². The zero-order valence-electron chi connectivity index (χ0n) is 13.3. The molecular weight excluding hydrogens is 302 g/mol. The Morgan fingerprint density at radius 3 is 2.41 bits per heavy atom. The number of nitrogens with zero attached hydrogens (tertiary/aromatic N) is 1. The van der Waals surface area contributed by atoms with Crippen molar-refractivity contribution < 1.29 is 17.9 Å². The molecule has 1 aromatic rings. The van der Waals surface area contributed by atoms with E-state index in [-0.39, 0.29) is 29.4 Å². The predicted molar refractivity (Wildman–Crippen MR) is 85.4 cm³/mol. The summed E-state index contributed by atoms with van der Waals surface area (Å²) in [5.74, 6) is 0.845. The van der Waals surface area contributed by atoms with Crippen molar-refractivity contribution in [1.29, 1.82) is 0 Å². The van der Waals surface area contributed by atoms with Crippen LogP contribution in [0.1, 0.15) is 25.8 Å². The summed E-state index contributed by atoms with van der Waals surface area (Å²) in [6, 6.07) is 7.28. The van der Waals surface area contributed by atoms with E-state index in [1.54, 1.807) is 12.0 Å². The van der Waals surface area contributed by atoms with Gasteiger partial charge in [-0.15, -0.1) is 0 Å². The van der Waals surface area contributed by atoms with Crippen LogP contribution in [-0.2, 0) is 21.2 Å². The van der Waals surface area contributed by atoms with E-state index in [9.17, 15) is 13.2 Å². The van der Waals surface area contributed by atoms with Gasteiger partial charge in [-0.3, -0.25) is 4.79 Å². The Hall–Kier alpha value is -1.56. The summed E-state index contributed by atoms with van der Waals surface area (Å²) in [5, 5.41) is 0. The molecule has 1 aromatic carbocycles. The molecule has 0 N–H and O–H groups in total. The quantitative estimate of drug-likeness (QED) is 0.829. The Morgan fingerprint density at radius 2 is 1.95 bits per heavy atom. The lowest BCUT2D eigenvalue weighted by molar-refractivity contribution is -0.137. The standard InChI is InChI=1S/C16H23NO4S/c1-12(2)16(18)17(14-8-9-22(19,20)11-14)10-13-4-6-15(21-3)7-5-13/h4-7,12,14H,8-11H2,1-3H3. The Labute approximate surface area is 132 Å². The van der Waals surface area contributed by atoms with Gasteiger partial charge in [0.25, 0.3) is 0 Å². The molecule has 1 fully saturated rings. The number of carbonyl (C=O) groups excluding carboxylic acids is 1. The molecule has 1 aliphatic heterocycles. The number of hydrogen-bond acceptors (Lipinski definition) is 4. The molecular formula is C16H23NO4S. The third kappa shape index (κ3) is 4.00. The third-order valence-corrected chi connectivity index (χ3v) is 5.69. The van der Waals surface area contributed by atoms with Crippen molar-refractivity contribution in [3.63, 3.8) is 0 Å². The Balaban J connectivity index is 2.19. The van der Waals surface area contributed by atoms with E-state index in [0.717, 1.165) is 11.3 Å². The minimum absolute atomic E-state index is 0.00193. The highest BCUT2D eigenvalue weighted by atomic mass is 32.2. The maximum Gasteiger partial charge on any atom is 0.225 e. The van der Waals surface area contributed by atoms with Crippen LogP contribution in [0, 0.1) is 5.92 Å². The first-order valence-electron chi connectivity index (χ1n) is 7.46. The van der Waals surface area contributed by atoms with Crippen molar-refractivity contribution in [2.45, 2.75) is 32.9 Å². The van der Waals surface area contributed by atoms with Gasteiger partial charge in [-0.25, -0.2) is 8.42 Å². The summed E-state index contributed by atoms with van der Waals surface area (Å²) < 4.78 is 28.6. The molecule has 0 bridgehead atoms. The largest absolute Gasteiger partial charge is 0.497 e. The molecule has 1 heterocycles. The molecule has 22 heavy (non-hydrogen) atoms. The van der Waals surface area contributed by atoms with E-state index in [4.69, 9.17) is 4.74 Å². The number of sulfone groups is 1. The lowest BCUT2D eigenvalue weighted by Gasteiger charge is -2.30. The number of carbonyl (C=O) groups is 1. The van der Waals surface area contributed by atoms with Crippen LogP contribution in [-0.4, -0.2) is 43.9 Å². The second-order valence-corrected chi connectivity index (χ2v) is 8.25. The normalized spacial score (nSPS) is 20.1. The second kappa shape index (κ2) is 6.69. The molecule has 1 aliphatic rings. The fourth-order valence-corrected chi connectivity index (χ4v) is 4.40. The maximum absolute atomic E-state index is 12.5. The molecule has 0 saturated carbocycles. The first kappa shape index (κ1) is 16.8. The van der Waals surface area contributed by atoms with Crippen LogP contribution < -0.4 is 4.74 Å². The lowest BCUT2D eigenvalue weighted by atomic mass is 10.1. The third-order valence-electron chi connectivity index (χ3n) is 3.94. The van der Waals surface area contributed by atoms with Gasteiger partial charge in [-0.05, 0) is 24.1 Å². The molecule has 0 spiro atoms. The van der Waals surface area contributed by atoms with Gasteiger partial charge in [0.15, 0.2) is 9.84 Å². The van der Waals surface area contributed by atoms with E-state index in [2.05, 4.69) is 0 Å². The Morgan fingerprint density at radius 1 is 1.32 bits per heavy atom. The zero-order chi connectivity index (χ0) is 16.3. The van der Waals surface area contributed by atoms with Crippen molar-refractivity contribution in [1.82, 2.24) is 4.90 Å². The monoisotopic (exact) mass is 325 g/mol. The topological polar surface area (TPSA) is 63.7 Å². The summed E-state index contributed by atoms with van der Waals surface area (Å²) in [4.78, 5) is 14.2. The minimum atomic E-state index is -3.02. The molecule has 0 aliphatic carbocycles. The van der Waals surface area contributed by atoms with Crippen molar-refractivity contribution in [3.05, 3.63) is 29.8 Å². The molecule has 1 saturated heterocycles. The summed E-state index contributed by atoms with van der Waals surface area (Å²) in [5.41, 5.74) is 0.971. The summed E-state index contributed by atoms with van der Waals surface area (Å²) in [7, 11) is -1.41. The first-order valence-corrected chi connectivity index (χ1v) is 9.28. The van der Waals surface area contributed by atoms with E-state index in [1.165, 1.54) is 0 Å². The van der Waals surface area contributed by atoms with Crippen LogP contribution >= 0.6 is 0 Å². The van der Waals surface area contributed by atoms with Crippen LogP contribution in [0.4, 0.5) is 0 Å². The van der Waals surface area contributed by atoms with Crippen LogP contribution in [0.15, 0.2) is 24.3 Å². The predicted octanol–water partition coefficient (Wildman–Crippen LogP) is 1.87. The van der Waals surface area contributed by atoms with Crippen molar-refractivity contribution in [2.75, 3.05) is 18.6 Å². The number of benzene rings is 1. The molecule has 5 nitrogen and oxygen atoms in total. The number of amides is 1. The number of rotatable bonds is 5. The van der Waals surface area contributed by atoms with E-state index < -0.39 is 9.84 Å². The van der Waals surface area contributed by atoms with Gasteiger partial charge < -0.3 is 9.64 Å². The van der Waals surface area contributed by atoms with Crippen LogP contribution in [0.3, 0.4) is 0 Å². The summed E-state index contributed by atoms with van der Waals surface area (Å²) in [6.07, 6.45) is 0.525. The van der Waals surface area contributed by atoms with Crippen LogP contribution in [0.25, 0.3) is 0 Å². The van der Waals surface area contributed by atoms with E-state index >= 15 is 0 Å². The van der Waals surface area contributed by atoms with Gasteiger partial charge in [0.2, 0.25) is 5.91 Å². The molecule has 1 amide bonds. The highest BCUT2D eigenvalue weighted by molar-refractivity contribution is 7.91. The Kier molecular flexibility index (Phi) is 5.11. The average Bonchev–Trinajstić information content (AvgIpc) is 2.84. The molecule has 122 valence electrons. The molecule has 2 rings (SSSR count). The van der Waals surface area contributed by atoms with Crippen LogP contribution in [0.5, 0.6) is 5.75 Å². The SMILES string of the molecule is COc1ccc(CN(C(=O)C(C)C)C2CCS(=O)(=O)C2)cc1. The second-order valence-electron chi connectivity index (χ2n) is 6.03.